The van der Waals surface area contributed by atoms with Gasteiger partial charge in [-0.2, -0.15) is 0 Å². The summed E-state index contributed by atoms with van der Waals surface area (Å²) in [5.74, 6) is 1.28. The summed E-state index contributed by atoms with van der Waals surface area (Å²) in [6, 6.07) is 15.5. The van der Waals surface area contributed by atoms with Crippen LogP contribution in [-0.4, -0.2) is 20.1 Å². The van der Waals surface area contributed by atoms with Gasteiger partial charge in [-0.3, -0.25) is 4.79 Å². The van der Waals surface area contributed by atoms with Gasteiger partial charge in [0.2, 0.25) is 5.91 Å². The maximum Gasteiger partial charge on any atom is 0.244 e. The highest BCUT2D eigenvalue weighted by Crippen LogP contribution is 2.25. The molecule has 0 unspecified atom stereocenters. The molecule has 2 rings (SSSR count). The van der Waals surface area contributed by atoms with Crippen LogP contribution in [0.3, 0.4) is 0 Å². The van der Waals surface area contributed by atoms with Crippen LogP contribution < -0.4 is 14.8 Å². The average molecular weight is 339 g/mol. The van der Waals surface area contributed by atoms with Gasteiger partial charge < -0.3 is 14.8 Å². The Morgan fingerprint density at radius 1 is 1.12 bits per heavy atom. The second-order valence-corrected chi connectivity index (χ2v) is 5.70. The predicted molar refractivity (Wildman–Crippen MR) is 101 cm³/mol. The third-order valence-corrected chi connectivity index (χ3v) is 3.95. The number of amides is 1. The maximum atomic E-state index is 12.4. The summed E-state index contributed by atoms with van der Waals surface area (Å²) < 4.78 is 10.6. The van der Waals surface area contributed by atoms with Gasteiger partial charge in [-0.25, -0.2) is 0 Å². The van der Waals surface area contributed by atoms with E-state index in [-0.39, 0.29) is 11.9 Å². The lowest BCUT2D eigenvalue weighted by Crippen LogP contribution is -2.26. The van der Waals surface area contributed by atoms with E-state index in [0.717, 1.165) is 24.0 Å². The van der Waals surface area contributed by atoms with E-state index < -0.39 is 0 Å². The molecular formula is C21H25NO3. The maximum absolute atomic E-state index is 12.4. The number of rotatable bonds is 8. The Morgan fingerprint density at radius 2 is 1.88 bits per heavy atom. The highest BCUT2D eigenvalue weighted by Gasteiger charge is 2.12. The van der Waals surface area contributed by atoms with Crippen LogP contribution in [0, 0.1) is 0 Å². The largest absolute Gasteiger partial charge is 0.497 e. The number of nitrogens with one attached hydrogen (secondary N) is 1. The van der Waals surface area contributed by atoms with Crippen molar-refractivity contribution in [1.29, 1.82) is 0 Å². The zero-order valence-corrected chi connectivity index (χ0v) is 15.0. The van der Waals surface area contributed by atoms with E-state index >= 15 is 0 Å². The van der Waals surface area contributed by atoms with E-state index in [0.29, 0.717) is 11.5 Å². The zero-order chi connectivity index (χ0) is 18.1. The van der Waals surface area contributed by atoms with Crippen LogP contribution in [0.2, 0.25) is 0 Å². The van der Waals surface area contributed by atoms with Crippen molar-refractivity contribution in [1.82, 2.24) is 5.32 Å². The lowest BCUT2D eigenvalue weighted by molar-refractivity contribution is -0.117. The quantitative estimate of drug-likeness (QED) is 0.726. The molecule has 2 aromatic carbocycles. The SMILES string of the molecule is CCC[C@H](NC(=O)/C=C/c1cc(OC)ccc1OC)c1ccccc1. The van der Waals surface area contributed by atoms with Gasteiger partial charge in [-0.1, -0.05) is 43.7 Å². The van der Waals surface area contributed by atoms with Crippen LogP contribution in [0.15, 0.2) is 54.6 Å². The molecule has 1 amide bonds. The molecule has 0 spiro atoms. The molecule has 0 saturated heterocycles. The molecule has 1 N–H and O–H groups in total. The lowest BCUT2D eigenvalue weighted by Gasteiger charge is -2.17. The van der Waals surface area contributed by atoms with E-state index in [1.807, 2.05) is 48.5 Å². The molecule has 0 aliphatic rings. The fourth-order valence-electron chi connectivity index (χ4n) is 2.65. The Balaban J connectivity index is 2.11. The van der Waals surface area contributed by atoms with E-state index in [9.17, 15) is 4.79 Å². The molecule has 2 aromatic rings. The van der Waals surface area contributed by atoms with Gasteiger partial charge in [0.05, 0.1) is 20.3 Å². The van der Waals surface area contributed by atoms with Crippen LogP contribution in [0.1, 0.15) is 36.9 Å². The first-order valence-electron chi connectivity index (χ1n) is 8.43. The molecule has 0 heterocycles. The van der Waals surface area contributed by atoms with Crippen LogP contribution in [0.25, 0.3) is 6.08 Å². The molecule has 0 radical (unpaired) electrons. The number of hydrogen-bond donors (Lipinski definition) is 1. The number of carbonyl (C=O) groups excluding carboxylic acids is 1. The molecule has 25 heavy (non-hydrogen) atoms. The Hall–Kier alpha value is -2.75. The standard InChI is InChI=1S/C21H25NO3/c1-4-8-19(16-9-6-5-7-10-16)22-21(23)14-11-17-15-18(24-2)12-13-20(17)25-3/h5-7,9-15,19H,4,8H2,1-3H3,(H,22,23)/b14-11+/t19-/m0/s1. The van der Waals surface area contributed by atoms with Crippen LogP contribution >= 0.6 is 0 Å². The average Bonchev–Trinajstić information content (AvgIpc) is 2.66. The monoisotopic (exact) mass is 339 g/mol. The third kappa shape index (κ3) is 5.38. The molecule has 1 atom stereocenters. The number of benzene rings is 2. The van der Waals surface area contributed by atoms with E-state index in [4.69, 9.17) is 9.47 Å². The molecule has 4 heteroatoms. The second-order valence-electron chi connectivity index (χ2n) is 5.70. The van der Waals surface area contributed by atoms with Crippen molar-refractivity contribution in [2.45, 2.75) is 25.8 Å². The van der Waals surface area contributed by atoms with Crippen LogP contribution in [0.4, 0.5) is 0 Å². The van der Waals surface area contributed by atoms with Crippen molar-refractivity contribution < 1.29 is 14.3 Å². The second kappa shape index (κ2) is 9.52. The molecule has 0 aromatic heterocycles. The minimum Gasteiger partial charge on any atom is -0.497 e. The first-order chi connectivity index (χ1) is 12.2. The van der Waals surface area contributed by atoms with Crippen molar-refractivity contribution in [3.05, 3.63) is 65.7 Å². The third-order valence-electron chi connectivity index (χ3n) is 3.95. The number of ether oxygens (including phenoxy) is 2. The van der Waals surface area contributed by atoms with E-state index in [1.165, 1.54) is 6.08 Å². The van der Waals surface area contributed by atoms with Gasteiger partial charge >= 0.3 is 0 Å². The Bertz CT molecular complexity index is 710. The molecular weight excluding hydrogens is 314 g/mol. The van der Waals surface area contributed by atoms with Crippen LogP contribution in [0.5, 0.6) is 11.5 Å². The summed E-state index contributed by atoms with van der Waals surface area (Å²) in [5, 5.41) is 3.07. The lowest BCUT2D eigenvalue weighted by atomic mass is 10.0. The minimum absolute atomic E-state index is 0.00977. The van der Waals surface area contributed by atoms with E-state index in [2.05, 4.69) is 12.2 Å². The Labute approximate surface area is 149 Å². The molecule has 132 valence electrons. The first-order valence-corrected chi connectivity index (χ1v) is 8.43. The van der Waals surface area contributed by atoms with Crippen molar-refractivity contribution in [3.8, 4) is 11.5 Å². The first kappa shape index (κ1) is 18.6. The molecule has 0 fully saturated rings. The Morgan fingerprint density at radius 3 is 2.52 bits per heavy atom. The highest BCUT2D eigenvalue weighted by atomic mass is 16.5. The fourth-order valence-corrected chi connectivity index (χ4v) is 2.65. The summed E-state index contributed by atoms with van der Waals surface area (Å²) in [4.78, 5) is 12.4. The van der Waals surface area contributed by atoms with Gasteiger partial charge in [0.25, 0.3) is 0 Å². The van der Waals surface area contributed by atoms with Crippen molar-refractivity contribution in [2.75, 3.05) is 14.2 Å². The molecule has 0 saturated carbocycles. The highest BCUT2D eigenvalue weighted by molar-refractivity contribution is 5.92. The number of carbonyl (C=O) groups is 1. The number of methoxy groups -OCH3 is 2. The number of hydrogen-bond acceptors (Lipinski definition) is 3. The molecule has 0 bridgehead atoms. The topological polar surface area (TPSA) is 47.6 Å². The summed E-state index contributed by atoms with van der Waals surface area (Å²) in [7, 11) is 3.21. The van der Waals surface area contributed by atoms with Gasteiger partial charge in [0.1, 0.15) is 11.5 Å². The normalized spacial score (nSPS) is 12.0. The fraction of sp³-hybridized carbons (Fsp3) is 0.286. The van der Waals surface area contributed by atoms with E-state index in [1.54, 1.807) is 20.3 Å². The molecule has 4 nitrogen and oxygen atoms in total. The summed E-state index contributed by atoms with van der Waals surface area (Å²) >= 11 is 0. The molecule has 0 aliphatic carbocycles. The smallest absolute Gasteiger partial charge is 0.244 e. The van der Waals surface area contributed by atoms with Gasteiger partial charge in [-0.05, 0) is 36.3 Å². The van der Waals surface area contributed by atoms with Gasteiger partial charge in [0.15, 0.2) is 0 Å². The van der Waals surface area contributed by atoms with Gasteiger partial charge in [0, 0.05) is 11.6 Å². The Kier molecular flexibility index (Phi) is 7.08. The summed E-state index contributed by atoms with van der Waals surface area (Å²) in [5.41, 5.74) is 1.91. The molecule has 0 aliphatic heterocycles. The van der Waals surface area contributed by atoms with Gasteiger partial charge in [-0.15, -0.1) is 0 Å². The zero-order valence-electron chi connectivity index (χ0n) is 15.0. The van der Waals surface area contributed by atoms with Crippen molar-refractivity contribution in [3.63, 3.8) is 0 Å². The van der Waals surface area contributed by atoms with Crippen molar-refractivity contribution in [2.24, 2.45) is 0 Å². The summed E-state index contributed by atoms with van der Waals surface area (Å²) in [6.45, 7) is 2.11. The predicted octanol–water partition coefficient (Wildman–Crippen LogP) is 4.37. The van der Waals surface area contributed by atoms with Crippen LogP contribution in [-0.2, 0) is 4.79 Å². The minimum atomic E-state index is -0.132. The van der Waals surface area contributed by atoms with Crippen molar-refractivity contribution >= 4 is 12.0 Å². The summed E-state index contributed by atoms with van der Waals surface area (Å²) in [6.07, 6.45) is 5.16.